The van der Waals surface area contributed by atoms with Gasteiger partial charge in [0.25, 0.3) is 0 Å². The fourth-order valence-electron chi connectivity index (χ4n) is 4.76. The lowest BCUT2D eigenvalue weighted by atomic mass is 10.1. The number of nitrogens with zero attached hydrogens (tertiary/aromatic N) is 2. The first kappa shape index (κ1) is 30.8. The van der Waals surface area contributed by atoms with E-state index in [-0.39, 0.29) is 24.0 Å². The number of aromatic nitrogens is 1. The van der Waals surface area contributed by atoms with E-state index in [1.165, 1.54) is 11.8 Å². The molecular formula is C35H36N2O6S. The highest BCUT2D eigenvalue weighted by Gasteiger charge is 2.33. The van der Waals surface area contributed by atoms with E-state index < -0.39 is 5.97 Å². The number of carbonyl (C=O) groups excluding carboxylic acids is 1. The number of aliphatic imine (C=N–C) groups is 1. The van der Waals surface area contributed by atoms with Crippen molar-refractivity contribution >= 4 is 45.4 Å². The maximum atomic E-state index is 12.9. The summed E-state index contributed by atoms with van der Waals surface area (Å²) in [7, 11) is 0. The number of ether oxygens (including phenoxy) is 4. The second-order valence-electron chi connectivity index (χ2n) is 10.2. The maximum absolute atomic E-state index is 12.9. The van der Waals surface area contributed by atoms with Gasteiger partial charge in [-0.05, 0) is 88.4 Å². The lowest BCUT2D eigenvalue weighted by Crippen LogP contribution is -2.12. The quantitative estimate of drug-likeness (QED) is 0.162. The van der Waals surface area contributed by atoms with Gasteiger partial charge in [-0.25, -0.2) is 9.79 Å². The second-order valence-corrected chi connectivity index (χ2v) is 11.2. The minimum atomic E-state index is -0.617. The summed E-state index contributed by atoms with van der Waals surface area (Å²) in [4.78, 5) is 18.1. The molecule has 1 N–H and O–H groups in total. The van der Waals surface area contributed by atoms with Gasteiger partial charge in [-0.2, -0.15) is 0 Å². The highest BCUT2D eigenvalue weighted by Crippen LogP contribution is 2.41. The van der Waals surface area contributed by atoms with Gasteiger partial charge in [-0.1, -0.05) is 30.0 Å². The molecule has 0 fully saturated rings. The zero-order valence-electron chi connectivity index (χ0n) is 25.3. The Morgan fingerprint density at radius 1 is 0.932 bits per heavy atom. The number of aliphatic hydroxyl groups is 1. The molecule has 0 atom stereocenters. The molecule has 0 bridgehead atoms. The fraction of sp³-hybridized carbons (Fsp3) is 0.257. The van der Waals surface area contributed by atoms with Crippen molar-refractivity contribution in [3.05, 3.63) is 101 Å². The Bertz CT molecular complexity index is 1700. The monoisotopic (exact) mass is 612 g/mol. The summed E-state index contributed by atoms with van der Waals surface area (Å²) in [6.07, 6.45) is 4.02. The van der Waals surface area contributed by atoms with E-state index in [4.69, 9.17) is 18.9 Å². The fourth-order valence-corrected chi connectivity index (χ4v) is 5.78. The molecule has 0 saturated carbocycles. The Morgan fingerprint density at radius 3 is 2.32 bits per heavy atom. The van der Waals surface area contributed by atoms with Crippen molar-refractivity contribution in [1.29, 1.82) is 0 Å². The average Bonchev–Trinajstić information content (AvgIpc) is 3.51. The number of carbonyl (C=O) groups is 1. The molecule has 5 rings (SSSR count). The van der Waals surface area contributed by atoms with Gasteiger partial charge in [-0.3, -0.25) is 0 Å². The first-order valence-electron chi connectivity index (χ1n) is 14.7. The summed E-state index contributed by atoms with van der Waals surface area (Å²) in [6.45, 7) is 9.46. The number of para-hydroxylation sites is 1. The maximum Gasteiger partial charge on any atom is 0.344 e. The lowest BCUT2D eigenvalue weighted by molar-refractivity contribution is -0.138. The lowest BCUT2D eigenvalue weighted by Gasteiger charge is -2.11. The Kier molecular flexibility index (Phi) is 9.96. The molecule has 9 heteroatoms. The van der Waals surface area contributed by atoms with Crippen LogP contribution in [0.2, 0.25) is 0 Å². The van der Waals surface area contributed by atoms with E-state index in [2.05, 4.69) is 15.6 Å². The molecule has 44 heavy (non-hydrogen) atoms. The Hall–Kier alpha value is -4.63. The van der Waals surface area contributed by atoms with Crippen molar-refractivity contribution in [3.8, 4) is 17.2 Å². The summed E-state index contributed by atoms with van der Waals surface area (Å²) < 4.78 is 24.6. The number of rotatable bonds is 12. The first-order chi connectivity index (χ1) is 21.4. The molecule has 8 nitrogen and oxygen atoms in total. The van der Waals surface area contributed by atoms with Crippen LogP contribution in [0.4, 0.5) is 5.69 Å². The third-order valence-corrected chi connectivity index (χ3v) is 7.67. The van der Waals surface area contributed by atoms with E-state index in [1.54, 1.807) is 6.92 Å². The van der Waals surface area contributed by atoms with E-state index in [1.807, 2.05) is 99.8 Å². The molecule has 0 spiro atoms. The smallest absolute Gasteiger partial charge is 0.344 e. The number of benzene rings is 3. The van der Waals surface area contributed by atoms with Gasteiger partial charge >= 0.3 is 5.97 Å². The minimum absolute atomic E-state index is 0.0546. The van der Waals surface area contributed by atoms with E-state index in [0.717, 1.165) is 33.7 Å². The molecule has 4 aromatic rings. The van der Waals surface area contributed by atoms with Crippen molar-refractivity contribution in [2.24, 2.45) is 4.99 Å². The van der Waals surface area contributed by atoms with E-state index in [9.17, 15) is 9.90 Å². The molecule has 0 aliphatic carbocycles. The molecule has 2 heterocycles. The van der Waals surface area contributed by atoms with Crippen LogP contribution in [0.1, 0.15) is 33.3 Å². The van der Waals surface area contributed by atoms with Gasteiger partial charge in [0, 0.05) is 22.7 Å². The molecule has 1 aliphatic rings. The minimum Gasteiger partial charge on any atom is -0.506 e. The van der Waals surface area contributed by atoms with Crippen LogP contribution in [-0.4, -0.2) is 46.6 Å². The highest BCUT2D eigenvalue weighted by molar-refractivity contribution is 8.18. The average molecular weight is 613 g/mol. The normalized spacial score (nSPS) is 15.0. The summed E-state index contributed by atoms with van der Waals surface area (Å²) in [6, 6.07) is 22.9. The van der Waals surface area contributed by atoms with Gasteiger partial charge in [0.2, 0.25) is 0 Å². The topological polar surface area (TPSA) is 91.5 Å². The second kappa shape index (κ2) is 14.2. The van der Waals surface area contributed by atoms with Crippen LogP contribution < -0.4 is 14.2 Å². The highest BCUT2D eigenvalue weighted by atomic mass is 32.2. The predicted molar refractivity (Wildman–Crippen MR) is 176 cm³/mol. The van der Waals surface area contributed by atoms with Crippen LogP contribution in [0.15, 0.2) is 100 Å². The van der Waals surface area contributed by atoms with Crippen LogP contribution in [0.3, 0.4) is 0 Å². The van der Waals surface area contributed by atoms with Gasteiger partial charge in [0.1, 0.15) is 40.2 Å². The third kappa shape index (κ3) is 7.29. The Labute approximate surface area is 261 Å². The van der Waals surface area contributed by atoms with E-state index in [0.29, 0.717) is 35.4 Å². The molecule has 3 aromatic carbocycles. The molecule has 0 saturated heterocycles. The van der Waals surface area contributed by atoms with Crippen molar-refractivity contribution in [3.63, 3.8) is 0 Å². The Balaban J connectivity index is 1.39. The molecule has 1 aromatic heterocycles. The SMILES string of the molecule is CCOC(=O)C1=C(O)/C(=C/c2cn(CCOc3ccc(OC(C)C)cc3)c3ccccc23)SC1=Nc1ccc(OCC)cc1. The van der Waals surface area contributed by atoms with Crippen LogP contribution in [0, 0.1) is 0 Å². The molecular weight excluding hydrogens is 576 g/mol. The van der Waals surface area contributed by atoms with Gasteiger partial charge in [0.05, 0.1) is 36.5 Å². The number of hydrogen-bond donors (Lipinski definition) is 1. The van der Waals surface area contributed by atoms with Gasteiger partial charge in [-0.15, -0.1) is 0 Å². The third-order valence-electron chi connectivity index (χ3n) is 6.65. The zero-order valence-corrected chi connectivity index (χ0v) is 26.1. The molecule has 0 radical (unpaired) electrons. The number of fused-ring (bicyclic) bond motifs is 1. The zero-order chi connectivity index (χ0) is 31.1. The van der Waals surface area contributed by atoms with Crippen molar-refractivity contribution < 1.29 is 28.8 Å². The first-order valence-corrected chi connectivity index (χ1v) is 15.5. The number of esters is 1. The van der Waals surface area contributed by atoms with Crippen LogP contribution in [-0.2, 0) is 16.1 Å². The number of hydrogen-bond acceptors (Lipinski definition) is 8. The van der Waals surface area contributed by atoms with Crippen molar-refractivity contribution in [1.82, 2.24) is 4.57 Å². The predicted octanol–water partition coefficient (Wildman–Crippen LogP) is 8.10. The van der Waals surface area contributed by atoms with Gasteiger partial charge in [0.15, 0.2) is 0 Å². The Morgan fingerprint density at radius 2 is 1.61 bits per heavy atom. The van der Waals surface area contributed by atoms with Gasteiger partial charge < -0.3 is 28.6 Å². The number of aliphatic hydroxyl groups excluding tert-OH is 1. The largest absolute Gasteiger partial charge is 0.506 e. The number of thioether (sulfide) groups is 1. The molecule has 0 unspecified atom stereocenters. The van der Waals surface area contributed by atoms with Crippen LogP contribution in [0.25, 0.3) is 17.0 Å². The van der Waals surface area contributed by atoms with Crippen LogP contribution >= 0.6 is 11.8 Å². The summed E-state index contributed by atoms with van der Waals surface area (Å²) in [5.41, 5.74) is 2.61. The van der Waals surface area contributed by atoms with Crippen molar-refractivity contribution in [2.45, 2.75) is 40.3 Å². The standard InChI is InChI=1S/C35H36N2O6S/c1-5-40-26-13-11-25(12-14-26)36-34-32(35(39)41-6-2)33(38)31(44-34)21-24-22-37(30-10-8-7-9-29(24)30)19-20-42-27-15-17-28(18-16-27)43-23(3)4/h7-18,21-23,38H,5-6,19-20H2,1-4H3/b31-21-,36-34?. The summed E-state index contributed by atoms with van der Waals surface area (Å²) in [5.74, 6) is 1.54. The molecule has 0 amide bonds. The van der Waals surface area contributed by atoms with Crippen molar-refractivity contribution in [2.75, 3.05) is 19.8 Å². The summed E-state index contributed by atoms with van der Waals surface area (Å²) >= 11 is 1.23. The molecule has 1 aliphatic heterocycles. The van der Waals surface area contributed by atoms with Crippen LogP contribution in [0.5, 0.6) is 17.2 Å². The van der Waals surface area contributed by atoms with E-state index >= 15 is 0 Å². The molecule has 228 valence electrons. The summed E-state index contributed by atoms with van der Waals surface area (Å²) in [5, 5.41) is 12.6.